The van der Waals surface area contributed by atoms with Crippen molar-refractivity contribution in [3.63, 3.8) is 0 Å². The smallest absolute Gasteiger partial charge is 0.250 e. The number of Topliss-reactive ketones (excluding diaryl/α,β-unsaturated/α-hetero) is 1. The monoisotopic (exact) mass is 479 g/mol. The minimum absolute atomic E-state index is 0.0678. The van der Waals surface area contributed by atoms with Crippen molar-refractivity contribution in [2.75, 3.05) is 16.9 Å². The average molecular weight is 480 g/mol. The molecule has 3 aromatic rings. The maximum atomic E-state index is 14.5. The highest BCUT2D eigenvalue weighted by molar-refractivity contribution is 7.99. The highest BCUT2D eigenvalue weighted by atomic mass is 35.5. The Kier molecular flexibility index (Phi) is 4.83. The standard InChI is InChI=1S/C25H19ClFN3O2S/c26-16-5-3-14(4-6-16)21-20-12-33-13-30(20)25(22(21)23(31)15-2-1-9-28-11-15)18-10-17(27)7-8-19(18)29-24(25)32/h1-11,20-22H,12-13H2,(H,29,32)/t20-,21+,22-,25-/m0/s1. The maximum absolute atomic E-state index is 14.5. The van der Waals surface area contributed by atoms with Crippen LogP contribution in [0.4, 0.5) is 10.1 Å². The van der Waals surface area contributed by atoms with E-state index in [4.69, 9.17) is 11.6 Å². The van der Waals surface area contributed by atoms with E-state index in [0.29, 0.717) is 27.7 Å². The van der Waals surface area contributed by atoms with Crippen molar-refractivity contribution >= 4 is 40.7 Å². The minimum atomic E-state index is -1.30. The molecule has 2 aromatic carbocycles. The van der Waals surface area contributed by atoms with Crippen LogP contribution in [-0.2, 0) is 10.3 Å². The maximum Gasteiger partial charge on any atom is 0.250 e. The third kappa shape index (κ3) is 2.92. The second-order valence-corrected chi connectivity index (χ2v) is 10.0. The van der Waals surface area contributed by atoms with Crippen molar-refractivity contribution in [3.8, 4) is 0 Å². The topological polar surface area (TPSA) is 62.3 Å². The van der Waals surface area contributed by atoms with Crippen molar-refractivity contribution in [1.82, 2.24) is 9.88 Å². The molecule has 1 aromatic heterocycles. The molecule has 1 spiro atoms. The number of benzene rings is 2. The number of carbonyl (C=O) groups is 2. The van der Waals surface area contributed by atoms with Gasteiger partial charge in [0.25, 0.3) is 0 Å². The second-order valence-electron chi connectivity index (χ2n) is 8.61. The Morgan fingerprint density at radius 3 is 2.79 bits per heavy atom. The number of amides is 1. The van der Waals surface area contributed by atoms with Crippen LogP contribution in [0.2, 0.25) is 5.02 Å². The SMILES string of the molecule is O=C(c1cccnc1)[C@@H]1[C@H](c2ccc(Cl)cc2)[C@@H]2CSCN2[C@]12C(=O)Nc1ccc(F)cc12. The van der Waals surface area contributed by atoms with Crippen LogP contribution in [0.3, 0.4) is 0 Å². The van der Waals surface area contributed by atoms with E-state index < -0.39 is 17.3 Å². The quantitative estimate of drug-likeness (QED) is 0.552. The van der Waals surface area contributed by atoms with E-state index >= 15 is 0 Å². The second kappa shape index (κ2) is 7.65. The summed E-state index contributed by atoms with van der Waals surface area (Å²) < 4.78 is 14.5. The van der Waals surface area contributed by atoms with Gasteiger partial charge in [0, 0.05) is 57.8 Å². The number of nitrogens with one attached hydrogen (secondary N) is 1. The molecule has 4 atom stereocenters. The van der Waals surface area contributed by atoms with E-state index in [1.165, 1.54) is 18.3 Å². The van der Waals surface area contributed by atoms with Crippen molar-refractivity contribution in [3.05, 3.63) is 94.5 Å². The molecule has 3 aliphatic heterocycles. The van der Waals surface area contributed by atoms with E-state index in [1.807, 2.05) is 24.3 Å². The summed E-state index contributed by atoms with van der Waals surface area (Å²) in [7, 11) is 0. The van der Waals surface area contributed by atoms with Crippen molar-refractivity contribution in [2.24, 2.45) is 5.92 Å². The molecule has 0 aliphatic carbocycles. The molecule has 6 rings (SSSR count). The van der Waals surface area contributed by atoms with Gasteiger partial charge in [-0.15, -0.1) is 11.8 Å². The van der Waals surface area contributed by atoms with E-state index in [0.717, 1.165) is 11.3 Å². The molecule has 33 heavy (non-hydrogen) atoms. The number of hydrogen-bond donors (Lipinski definition) is 1. The highest BCUT2D eigenvalue weighted by Crippen LogP contribution is 2.61. The van der Waals surface area contributed by atoms with Gasteiger partial charge in [-0.2, -0.15) is 0 Å². The Morgan fingerprint density at radius 2 is 2.03 bits per heavy atom. The predicted molar refractivity (Wildman–Crippen MR) is 126 cm³/mol. The van der Waals surface area contributed by atoms with Crippen LogP contribution in [0, 0.1) is 11.7 Å². The third-order valence-corrected chi connectivity index (χ3v) is 8.36. The first-order valence-electron chi connectivity index (χ1n) is 10.7. The van der Waals surface area contributed by atoms with Crippen molar-refractivity contribution in [2.45, 2.75) is 17.5 Å². The number of halogens is 2. The Balaban J connectivity index is 1.63. The number of anilines is 1. The molecule has 0 unspecified atom stereocenters. The molecular formula is C25H19ClFN3O2S. The lowest BCUT2D eigenvalue weighted by molar-refractivity contribution is -0.127. The highest BCUT2D eigenvalue weighted by Gasteiger charge is 2.69. The molecule has 0 radical (unpaired) electrons. The summed E-state index contributed by atoms with van der Waals surface area (Å²) >= 11 is 7.88. The van der Waals surface area contributed by atoms with E-state index in [1.54, 1.807) is 36.2 Å². The lowest BCUT2D eigenvalue weighted by atomic mass is 9.69. The molecule has 1 N–H and O–H groups in total. The van der Waals surface area contributed by atoms with Gasteiger partial charge in [-0.1, -0.05) is 23.7 Å². The zero-order valence-corrected chi connectivity index (χ0v) is 18.9. The molecular weight excluding hydrogens is 461 g/mol. The summed E-state index contributed by atoms with van der Waals surface area (Å²) in [4.78, 5) is 34.2. The van der Waals surface area contributed by atoms with Crippen molar-refractivity contribution < 1.29 is 14.0 Å². The van der Waals surface area contributed by atoms with Crippen molar-refractivity contribution in [1.29, 1.82) is 0 Å². The summed E-state index contributed by atoms with van der Waals surface area (Å²) in [5.41, 5.74) is 1.15. The summed E-state index contributed by atoms with van der Waals surface area (Å²) in [6.45, 7) is 0. The molecule has 1 amide bonds. The third-order valence-electron chi connectivity index (χ3n) is 7.07. The largest absolute Gasteiger partial charge is 0.324 e. The van der Waals surface area contributed by atoms with E-state index in [-0.39, 0.29) is 23.7 Å². The predicted octanol–water partition coefficient (Wildman–Crippen LogP) is 4.69. The average Bonchev–Trinajstić information content (AvgIpc) is 3.48. The van der Waals surface area contributed by atoms with Crippen LogP contribution in [0.15, 0.2) is 67.0 Å². The van der Waals surface area contributed by atoms with Gasteiger partial charge in [-0.05, 0) is 48.0 Å². The van der Waals surface area contributed by atoms with Gasteiger partial charge < -0.3 is 5.32 Å². The molecule has 4 heterocycles. The Morgan fingerprint density at radius 1 is 1.21 bits per heavy atom. The first-order valence-corrected chi connectivity index (χ1v) is 12.2. The summed E-state index contributed by atoms with van der Waals surface area (Å²) in [5, 5.41) is 3.54. The molecule has 3 aliphatic rings. The number of rotatable bonds is 3. The minimum Gasteiger partial charge on any atom is -0.324 e. The zero-order valence-electron chi connectivity index (χ0n) is 17.4. The molecule has 8 heteroatoms. The zero-order chi connectivity index (χ0) is 22.7. The molecule has 2 saturated heterocycles. The van der Waals surface area contributed by atoms with Gasteiger partial charge in [-0.25, -0.2) is 4.39 Å². The van der Waals surface area contributed by atoms with Gasteiger partial charge in [0.1, 0.15) is 11.4 Å². The Hall–Kier alpha value is -2.74. The van der Waals surface area contributed by atoms with Crippen LogP contribution in [0.1, 0.15) is 27.4 Å². The fraction of sp³-hybridized carbons (Fsp3) is 0.240. The number of pyridine rings is 1. The van der Waals surface area contributed by atoms with Gasteiger partial charge in [-0.3, -0.25) is 19.5 Å². The van der Waals surface area contributed by atoms with E-state index in [9.17, 15) is 14.0 Å². The number of hydrogen-bond acceptors (Lipinski definition) is 5. The molecule has 0 saturated carbocycles. The number of aromatic nitrogens is 1. The normalized spacial score (nSPS) is 28.1. The molecule has 0 bridgehead atoms. The lowest BCUT2D eigenvalue weighted by Gasteiger charge is -2.36. The number of fused-ring (bicyclic) bond motifs is 4. The molecule has 5 nitrogen and oxygen atoms in total. The molecule has 2 fully saturated rings. The lowest BCUT2D eigenvalue weighted by Crippen LogP contribution is -2.52. The summed E-state index contributed by atoms with van der Waals surface area (Å²) in [5.74, 6) is -0.569. The fourth-order valence-corrected chi connectivity index (χ4v) is 7.25. The number of nitrogens with zero attached hydrogens (tertiary/aromatic N) is 2. The van der Waals surface area contributed by atoms with E-state index in [2.05, 4.69) is 15.2 Å². The number of carbonyl (C=O) groups excluding carboxylic acids is 2. The van der Waals surface area contributed by atoms with Gasteiger partial charge in [0.2, 0.25) is 5.91 Å². The van der Waals surface area contributed by atoms with Crippen LogP contribution in [-0.4, -0.2) is 39.2 Å². The summed E-state index contributed by atoms with van der Waals surface area (Å²) in [6, 6.07) is 15.2. The first kappa shape index (κ1) is 20.8. The van der Waals surface area contributed by atoms with Crippen LogP contribution in [0.25, 0.3) is 0 Å². The van der Waals surface area contributed by atoms with Crippen LogP contribution in [0.5, 0.6) is 0 Å². The number of thioether (sulfide) groups is 1. The first-order chi connectivity index (χ1) is 16.0. The summed E-state index contributed by atoms with van der Waals surface area (Å²) in [6.07, 6.45) is 3.15. The Bertz CT molecular complexity index is 1270. The number of ketones is 1. The Labute approximate surface area is 199 Å². The van der Waals surface area contributed by atoms with Gasteiger partial charge in [0.15, 0.2) is 5.78 Å². The molecule has 166 valence electrons. The van der Waals surface area contributed by atoms with Gasteiger partial charge >= 0.3 is 0 Å². The fourth-order valence-electron chi connectivity index (χ4n) is 5.79. The van der Waals surface area contributed by atoms with Gasteiger partial charge in [0.05, 0.1) is 5.92 Å². The van der Waals surface area contributed by atoms with Crippen LogP contribution >= 0.6 is 23.4 Å². The van der Waals surface area contributed by atoms with Crippen LogP contribution < -0.4 is 5.32 Å².